The summed E-state index contributed by atoms with van der Waals surface area (Å²) in [6.45, 7) is 3.02. The molecule has 0 radical (unpaired) electrons. The summed E-state index contributed by atoms with van der Waals surface area (Å²) in [6, 6.07) is 1.21. The molecule has 1 rings (SSSR count). The Morgan fingerprint density at radius 3 is 2.19 bits per heavy atom. The van der Waals surface area contributed by atoms with Crippen molar-refractivity contribution in [1.29, 1.82) is 0 Å². The SMILES string of the molecule is CC(C)(Cc1cc(F)c(F)cc1F)C(N)=O. The fourth-order valence-electron chi connectivity index (χ4n) is 1.26. The molecule has 1 aromatic rings. The van der Waals surface area contributed by atoms with E-state index in [0.29, 0.717) is 6.07 Å². The van der Waals surface area contributed by atoms with Crippen molar-refractivity contribution in [3.63, 3.8) is 0 Å². The Labute approximate surface area is 91.3 Å². The summed E-state index contributed by atoms with van der Waals surface area (Å²) in [5, 5.41) is 0. The average Bonchev–Trinajstić information content (AvgIpc) is 2.13. The van der Waals surface area contributed by atoms with Gasteiger partial charge in [0.2, 0.25) is 5.91 Å². The van der Waals surface area contributed by atoms with E-state index in [2.05, 4.69) is 0 Å². The first kappa shape index (κ1) is 12.5. The molecule has 0 spiro atoms. The third kappa shape index (κ3) is 2.53. The summed E-state index contributed by atoms with van der Waals surface area (Å²) in [6.07, 6.45) is -0.0780. The summed E-state index contributed by atoms with van der Waals surface area (Å²) in [4.78, 5) is 11.0. The molecule has 0 heterocycles. The molecule has 16 heavy (non-hydrogen) atoms. The number of hydrogen-bond acceptors (Lipinski definition) is 1. The maximum atomic E-state index is 13.3. The van der Waals surface area contributed by atoms with Gasteiger partial charge in [0.25, 0.3) is 0 Å². The quantitative estimate of drug-likeness (QED) is 0.796. The molecule has 0 bridgehead atoms. The van der Waals surface area contributed by atoms with Crippen LogP contribution in [-0.2, 0) is 11.2 Å². The first-order valence-electron chi connectivity index (χ1n) is 4.67. The van der Waals surface area contributed by atoms with E-state index in [1.54, 1.807) is 0 Å². The summed E-state index contributed by atoms with van der Waals surface area (Å²) < 4.78 is 38.8. The Morgan fingerprint density at radius 2 is 1.69 bits per heavy atom. The van der Waals surface area contributed by atoms with E-state index in [-0.39, 0.29) is 12.0 Å². The highest BCUT2D eigenvalue weighted by atomic mass is 19.2. The molecule has 0 saturated carbocycles. The number of primary amides is 1. The van der Waals surface area contributed by atoms with Crippen LogP contribution >= 0.6 is 0 Å². The summed E-state index contributed by atoms with van der Waals surface area (Å²) in [5.74, 6) is -3.90. The van der Waals surface area contributed by atoms with Crippen molar-refractivity contribution >= 4 is 5.91 Å². The molecule has 1 aromatic carbocycles. The molecule has 2 nitrogen and oxygen atoms in total. The van der Waals surface area contributed by atoms with Gasteiger partial charge >= 0.3 is 0 Å². The molecule has 0 fully saturated rings. The predicted octanol–water partition coefficient (Wildman–Crippen LogP) is 2.16. The number of hydrogen-bond donors (Lipinski definition) is 1. The fourth-order valence-corrected chi connectivity index (χ4v) is 1.26. The highest BCUT2D eigenvalue weighted by Gasteiger charge is 2.27. The molecule has 0 saturated heterocycles. The molecule has 0 atom stereocenters. The minimum atomic E-state index is -1.25. The van der Waals surface area contributed by atoms with Crippen LogP contribution in [0.25, 0.3) is 0 Å². The second-order valence-electron chi connectivity index (χ2n) is 4.28. The van der Waals surface area contributed by atoms with Crippen LogP contribution in [-0.4, -0.2) is 5.91 Å². The van der Waals surface area contributed by atoms with Crippen molar-refractivity contribution in [2.75, 3.05) is 0 Å². The van der Waals surface area contributed by atoms with E-state index < -0.39 is 28.8 Å². The zero-order chi connectivity index (χ0) is 12.5. The van der Waals surface area contributed by atoms with Crippen molar-refractivity contribution in [2.45, 2.75) is 20.3 Å². The molecular weight excluding hydrogens is 219 g/mol. The monoisotopic (exact) mass is 231 g/mol. The molecule has 2 N–H and O–H groups in total. The molecular formula is C11H12F3NO. The van der Waals surface area contributed by atoms with Gasteiger partial charge in [-0.05, 0) is 18.1 Å². The third-order valence-electron chi connectivity index (χ3n) is 2.39. The molecule has 5 heteroatoms. The van der Waals surface area contributed by atoms with Crippen LogP contribution < -0.4 is 5.73 Å². The zero-order valence-electron chi connectivity index (χ0n) is 8.98. The lowest BCUT2D eigenvalue weighted by Crippen LogP contribution is -2.33. The Hall–Kier alpha value is -1.52. The van der Waals surface area contributed by atoms with Gasteiger partial charge in [-0.15, -0.1) is 0 Å². The largest absolute Gasteiger partial charge is 0.369 e. The van der Waals surface area contributed by atoms with Crippen molar-refractivity contribution in [3.05, 3.63) is 35.1 Å². The van der Waals surface area contributed by atoms with Crippen LogP contribution in [0.15, 0.2) is 12.1 Å². The normalized spacial score (nSPS) is 11.6. The number of benzene rings is 1. The number of halogens is 3. The smallest absolute Gasteiger partial charge is 0.223 e. The van der Waals surface area contributed by atoms with Gasteiger partial charge in [-0.1, -0.05) is 13.8 Å². The van der Waals surface area contributed by atoms with Crippen molar-refractivity contribution in [3.8, 4) is 0 Å². The molecule has 0 aromatic heterocycles. The van der Waals surface area contributed by atoms with Crippen molar-refractivity contribution in [2.24, 2.45) is 11.1 Å². The van der Waals surface area contributed by atoms with Gasteiger partial charge in [-0.3, -0.25) is 4.79 Å². The summed E-state index contributed by atoms with van der Waals surface area (Å²) >= 11 is 0. The van der Waals surface area contributed by atoms with Gasteiger partial charge < -0.3 is 5.73 Å². The topological polar surface area (TPSA) is 43.1 Å². The molecule has 0 aliphatic carbocycles. The van der Waals surface area contributed by atoms with E-state index in [1.807, 2.05) is 0 Å². The lowest BCUT2D eigenvalue weighted by atomic mass is 9.85. The maximum absolute atomic E-state index is 13.3. The highest BCUT2D eigenvalue weighted by molar-refractivity contribution is 5.80. The minimum Gasteiger partial charge on any atom is -0.369 e. The molecule has 1 amide bonds. The number of carbonyl (C=O) groups excluding carboxylic acids is 1. The standard InChI is InChI=1S/C11H12F3NO/c1-11(2,10(15)16)5-6-3-8(13)9(14)4-7(6)12/h3-4H,5H2,1-2H3,(H2,15,16). The van der Waals surface area contributed by atoms with Gasteiger partial charge in [0.1, 0.15) is 5.82 Å². The molecule has 0 unspecified atom stereocenters. The van der Waals surface area contributed by atoms with Crippen LogP contribution in [0.1, 0.15) is 19.4 Å². The highest BCUT2D eigenvalue weighted by Crippen LogP contribution is 2.24. The third-order valence-corrected chi connectivity index (χ3v) is 2.39. The van der Waals surface area contributed by atoms with Crippen LogP contribution in [0.2, 0.25) is 0 Å². The lowest BCUT2D eigenvalue weighted by molar-refractivity contribution is -0.125. The lowest BCUT2D eigenvalue weighted by Gasteiger charge is -2.20. The number of nitrogens with two attached hydrogens (primary N) is 1. The molecule has 0 aliphatic heterocycles. The summed E-state index contributed by atoms with van der Waals surface area (Å²) in [5.41, 5.74) is 4.03. The van der Waals surface area contributed by atoms with Crippen molar-refractivity contribution in [1.82, 2.24) is 0 Å². The number of amides is 1. The van der Waals surface area contributed by atoms with E-state index in [1.165, 1.54) is 13.8 Å². The number of carbonyl (C=O) groups is 1. The van der Waals surface area contributed by atoms with Gasteiger partial charge in [-0.2, -0.15) is 0 Å². The average molecular weight is 231 g/mol. The second-order valence-corrected chi connectivity index (χ2v) is 4.28. The molecule has 0 aliphatic rings. The Bertz CT molecular complexity index is 429. The first-order chi connectivity index (χ1) is 7.24. The Morgan fingerprint density at radius 1 is 1.19 bits per heavy atom. The van der Waals surface area contributed by atoms with E-state index in [0.717, 1.165) is 6.07 Å². The van der Waals surface area contributed by atoms with Crippen molar-refractivity contribution < 1.29 is 18.0 Å². The minimum absolute atomic E-state index is 0.0669. The van der Waals surface area contributed by atoms with Crippen LogP contribution in [0.3, 0.4) is 0 Å². The van der Waals surface area contributed by atoms with Crippen LogP contribution in [0.4, 0.5) is 13.2 Å². The maximum Gasteiger partial charge on any atom is 0.223 e. The van der Waals surface area contributed by atoms with Gasteiger partial charge in [0.15, 0.2) is 11.6 Å². The first-order valence-corrected chi connectivity index (χ1v) is 4.67. The van der Waals surface area contributed by atoms with E-state index in [9.17, 15) is 18.0 Å². The second kappa shape index (κ2) is 4.15. The van der Waals surface area contributed by atoms with E-state index in [4.69, 9.17) is 5.73 Å². The Balaban J connectivity index is 3.07. The number of rotatable bonds is 3. The van der Waals surface area contributed by atoms with E-state index >= 15 is 0 Å². The molecule has 88 valence electrons. The van der Waals surface area contributed by atoms with Crippen LogP contribution in [0.5, 0.6) is 0 Å². The summed E-state index contributed by atoms with van der Waals surface area (Å²) in [7, 11) is 0. The van der Waals surface area contributed by atoms with Gasteiger partial charge in [0.05, 0.1) is 0 Å². The fraction of sp³-hybridized carbons (Fsp3) is 0.364. The predicted molar refractivity (Wildman–Crippen MR) is 53.0 cm³/mol. The Kier molecular flexibility index (Phi) is 3.26. The van der Waals surface area contributed by atoms with Crippen LogP contribution in [0, 0.1) is 22.9 Å². The van der Waals surface area contributed by atoms with Gasteiger partial charge in [0, 0.05) is 11.5 Å². The zero-order valence-corrected chi connectivity index (χ0v) is 8.98. The van der Waals surface area contributed by atoms with Gasteiger partial charge in [-0.25, -0.2) is 13.2 Å².